The number of amides is 1. The monoisotopic (exact) mass is 517 g/mol. The molecule has 184 valence electrons. The highest BCUT2D eigenvalue weighted by atomic mass is 35.5. The molecular weight excluding hydrogens is 494 g/mol. The number of carbonyl (C=O) groups excluding carboxylic acids is 2. The summed E-state index contributed by atoms with van der Waals surface area (Å²) in [6, 6.07) is 7.39. The van der Waals surface area contributed by atoms with Crippen LogP contribution in [0.15, 0.2) is 36.4 Å². The van der Waals surface area contributed by atoms with Crippen molar-refractivity contribution in [3.63, 3.8) is 0 Å². The molecule has 0 radical (unpaired) electrons. The molecule has 0 aliphatic carbocycles. The van der Waals surface area contributed by atoms with E-state index in [0.717, 1.165) is 12.1 Å². The van der Waals surface area contributed by atoms with E-state index in [0.29, 0.717) is 12.0 Å². The molecule has 1 aliphatic heterocycles. The van der Waals surface area contributed by atoms with Gasteiger partial charge in [-0.25, -0.2) is 4.79 Å². The van der Waals surface area contributed by atoms with Crippen LogP contribution in [-0.2, 0) is 20.4 Å². The lowest BCUT2D eigenvalue weighted by atomic mass is 9.74. The summed E-state index contributed by atoms with van der Waals surface area (Å²) in [5, 5.41) is 0.477. The lowest BCUT2D eigenvalue weighted by Crippen LogP contribution is -2.46. The molecule has 1 aliphatic rings. The second-order valence-electron chi connectivity index (χ2n) is 7.92. The van der Waals surface area contributed by atoms with Crippen molar-refractivity contribution in [3.05, 3.63) is 63.1 Å². The van der Waals surface area contributed by atoms with Gasteiger partial charge in [-0.2, -0.15) is 13.2 Å². The van der Waals surface area contributed by atoms with Gasteiger partial charge in [0.15, 0.2) is 0 Å². The number of carbonyl (C=O) groups is 2. The predicted molar refractivity (Wildman–Crippen MR) is 124 cm³/mol. The Balaban J connectivity index is 2.25. The minimum absolute atomic E-state index is 0.110. The van der Waals surface area contributed by atoms with Crippen molar-refractivity contribution in [2.75, 3.05) is 18.6 Å². The number of esters is 1. The summed E-state index contributed by atoms with van der Waals surface area (Å²) in [5.41, 5.74) is 0.0411. The summed E-state index contributed by atoms with van der Waals surface area (Å²) in [6.07, 6.45) is -4.56. The molecule has 1 heterocycles. The van der Waals surface area contributed by atoms with Gasteiger partial charge in [0.25, 0.3) is 0 Å². The van der Waals surface area contributed by atoms with Gasteiger partial charge < -0.3 is 9.47 Å². The topological polar surface area (TPSA) is 55.8 Å². The zero-order valence-corrected chi connectivity index (χ0v) is 20.3. The molecule has 0 N–H and O–H groups in total. The lowest BCUT2D eigenvalue weighted by Gasteiger charge is -2.42. The fourth-order valence-electron chi connectivity index (χ4n) is 4.44. The van der Waals surface area contributed by atoms with Gasteiger partial charge in [0.2, 0.25) is 0 Å². The Bertz CT molecular complexity index is 1080. The highest BCUT2D eigenvalue weighted by Gasteiger charge is 2.44. The van der Waals surface area contributed by atoms with Gasteiger partial charge in [-0.05, 0) is 61.2 Å². The van der Waals surface area contributed by atoms with Crippen molar-refractivity contribution in [2.45, 2.75) is 50.7 Å². The van der Waals surface area contributed by atoms with Gasteiger partial charge in [0.05, 0.1) is 40.9 Å². The Hall–Kier alpha value is -2.45. The molecule has 0 bridgehead atoms. The first kappa shape index (κ1) is 26.2. The number of rotatable bonds is 5. The molecule has 0 spiro atoms. The number of ether oxygens (including phenoxy) is 2. The van der Waals surface area contributed by atoms with Crippen LogP contribution in [-0.4, -0.2) is 31.8 Å². The third-order valence-electron chi connectivity index (χ3n) is 6.00. The maximum Gasteiger partial charge on any atom is 0.416 e. The average molecular weight is 518 g/mol. The fourth-order valence-corrected chi connectivity index (χ4v) is 4.75. The number of benzene rings is 2. The lowest BCUT2D eigenvalue weighted by molar-refractivity contribution is -0.143. The molecule has 5 nitrogen and oxygen atoms in total. The predicted octanol–water partition coefficient (Wildman–Crippen LogP) is 7.20. The number of fused-ring (bicyclic) bond motifs is 1. The van der Waals surface area contributed by atoms with Gasteiger partial charge in [-0.1, -0.05) is 36.2 Å². The first-order valence-corrected chi connectivity index (χ1v) is 11.5. The van der Waals surface area contributed by atoms with Crippen LogP contribution in [0.1, 0.15) is 55.2 Å². The Kier molecular flexibility index (Phi) is 8.03. The normalized spacial score (nSPS) is 18.8. The molecular formula is C24H24Cl2F3NO4. The van der Waals surface area contributed by atoms with Crippen LogP contribution >= 0.6 is 23.2 Å². The number of nitrogens with zero attached hydrogens (tertiary/aromatic N) is 1. The van der Waals surface area contributed by atoms with Crippen LogP contribution in [0.3, 0.4) is 0 Å². The summed E-state index contributed by atoms with van der Waals surface area (Å²) >= 11 is 12.2. The number of hydrogen-bond donors (Lipinski definition) is 0. The zero-order valence-electron chi connectivity index (χ0n) is 18.8. The molecule has 0 saturated heterocycles. The van der Waals surface area contributed by atoms with Crippen LogP contribution in [0, 0.1) is 0 Å². The van der Waals surface area contributed by atoms with Gasteiger partial charge in [0, 0.05) is 12.0 Å². The number of anilines is 1. The van der Waals surface area contributed by atoms with Crippen LogP contribution in [0.5, 0.6) is 0 Å². The van der Waals surface area contributed by atoms with Crippen LogP contribution in [0.2, 0.25) is 10.0 Å². The minimum Gasteiger partial charge on any atom is -0.469 e. The summed E-state index contributed by atoms with van der Waals surface area (Å²) in [5.74, 6) is -2.33. The maximum atomic E-state index is 13.6. The van der Waals surface area contributed by atoms with E-state index < -0.39 is 41.7 Å². The maximum absolute atomic E-state index is 13.6. The van der Waals surface area contributed by atoms with E-state index in [2.05, 4.69) is 0 Å². The first-order chi connectivity index (χ1) is 16.0. The van der Waals surface area contributed by atoms with Crippen molar-refractivity contribution >= 4 is 41.0 Å². The van der Waals surface area contributed by atoms with E-state index in [1.165, 1.54) is 30.2 Å². The molecule has 34 heavy (non-hydrogen) atoms. The van der Waals surface area contributed by atoms with Crippen molar-refractivity contribution in [1.82, 2.24) is 0 Å². The molecule has 0 aromatic heterocycles. The van der Waals surface area contributed by atoms with Crippen LogP contribution in [0.4, 0.5) is 23.7 Å². The summed E-state index contributed by atoms with van der Waals surface area (Å²) in [7, 11) is 1.21. The summed E-state index contributed by atoms with van der Waals surface area (Å²) < 4.78 is 51.1. The highest BCUT2D eigenvalue weighted by Crippen LogP contribution is 2.49. The van der Waals surface area contributed by atoms with E-state index in [4.69, 9.17) is 32.7 Å². The molecule has 10 heteroatoms. The third-order valence-corrected chi connectivity index (χ3v) is 6.74. The van der Waals surface area contributed by atoms with E-state index in [-0.39, 0.29) is 34.3 Å². The molecule has 2 aromatic rings. The van der Waals surface area contributed by atoms with Crippen molar-refractivity contribution in [2.24, 2.45) is 0 Å². The second kappa shape index (κ2) is 10.4. The van der Waals surface area contributed by atoms with Crippen LogP contribution in [0.25, 0.3) is 0 Å². The largest absolute Gasteiger partial charge is 0.469 e. The average Bonchev–Trinajstić information content (AvgIpc) is 2.79. The Morgan fingerprint density at radius 3 is 2.38 bits per heavy atom. The van der Waals surface area contributed by atoms with Gasteiger partial charge >= 0.3 is 18.2 Å². The highest BCUT2D eigenvalue weighted by molar-refractivity contribution is 6.42. The standard InChI is InChI=1S/C24H24Cl2F3NO4/c1-4-15-12-17(21(22(31)33-3)13-6-8-18(25)19(26)10-13)16-11-14(24(27,28)29)7-9-20(16)30(15)23(32)34-5-2/h6-11,15,17,21H,4-5,12H2,1-3H3. The zero-order chi connectivity index (χ0) is 25.2. The van der Waals surface area contributed by atoms with Gasteiger partial charge in [-0.3, -0.25) is 9.69 Å². The molecule has 0 saturated carbocycles. The molecule has 1 amide bonds. The van der Waals surface area contributed by atoms with Gasteiger partial charge in [0.1, 0.15) is 0 Å². The third kappa shape index (κ3) is 5.13. The first-order valence-electron chi connectivity index (χ1n) is 10.7. The summed E-state index contributed by atoms with van der Waals surface area (Å²) in [4.78, 5) is 27.1. The number of methoxy groups -OCH3 is 1. The minimum atomic E-state index is -4.61. The van der Waals surface area contributed by atoms with Gasteiger partial charge in [-0.15, -0.1) is 0 Å². The molecule has 3 atom stereocenters. The van der Waals surface area contributed by atoms with Crippen molar-refractivity contribution < 1.29 is 32.2 Å². The Labute approximate surface area is 205 Å². The molecule has 0 fully saturated rings. The van der Waals surface area contributed by atoms with E-state index in [1.807, 2.05) is 6.92 Å². The van der Waals surface area contributed by atoms with Crippen molar-refractivity contribution in [1.29, 1.82) is 0 Å². The molecule has 2 aromatic carbocycles. The SMILES string of the molecule is CCOC(=O)N1c2ccc(C(F)(F)F)cc2C(C(C(=O)OC)c2ccc(Cl)c(Cl)c2)CC1CC. The number of alkyl halides is 3. The smallest absolute Gasteiger partial charge is 0.416 e. The van der Waals surface area contributed by atoms with E-state index >= 15 is 0 Å². The van der Waals surface area contributed by atoms with E-state index in [1.54, 1.807) is 13.0 Å². The van der Waals surface area contributed by atoms with E-state index in [9.17, 15) is 22.8 Å². The summed E-state index contributed by atoms with van der Waals surface area (Å²) in [6.45, 7) is 3.62. The molecule has 3 rings (SSSR count). The Morgan fingerprint density at radius 2 is 1.82 bits per heavy atom. The number of halogens is 5. The fraction of sp³-hybridized carbons (Fsp3) is 0.417. The van der Waals surface area contributed by atoms with Crippen LogP contribution < -0.4 is 4.90 Å². The number of hydrogen-bond acceptors (Lipinski definition) is 4. The Morgan fingerprint density at radius 1 is 1.12 bits per heavy atom. The quantitative estimate of drug-likeness (QED) is 0.393. The molecule has 3 unspecified atom stereocenters. The second-order valence-corrected chi connectivity index (χ2v) is 8.73. The van der Waals surface area contributed by atoms with Crippen molar-refractivity contribution in [3.8, 4) is 0 Å².